The molecule has 1 aliphatic carbocycles. The highest BCUT2D eigenvalue weighted by molar-refractivity contribution is 5.94. The van der Waals surface area contributed by atoms with Crippen molar-refractivity contribution >= 4 is 41.3 Å². The molecule has 0 bridgehead atoms. The predicted octanol–water partition coefficient (Wildman–Crippen LogP) is 2.83. The summed E-state index contributed by atoms with van der Waals surface area (Å²) in [5, 5.41) is 16.1. The molecule has 1 aromatic carbocycles. The van der Waals surface area contributed by atoms with E-state index in [-0.39, 0.29) is 23.4 Å². The molecule has 5 rings (SSSR count). The lowest BCUT2D eigenvalue weighted by molar-refractivity contribution is -0.117. The van der Waals surface area contributed by atoms with Gasteiger partial charge in [0.05, 0.1) is 13.2 Å². The zero-order valence-corrected chi connectivity index (χ0v) is 21.4. The number of hydrogen-bond acceptors (Lipinski definition) is 8. The predicted molar refractivity (Wildman–Crippen MR) is 145 cm³/mol. The average Bonchev–Trinajstić information content (AvgIpc) is 3.70. The van der Waals surface area contributed by atoms with E-state index in [1.807, 2.05) is 43.3 Å². The number of carbonyl (C=O) groups excluding carboxylic acids is 2. The van der Waals surface area contributed by atoms with E-state index in [9.17, 15) is 9.59 Å². The van der Waals surface area contributed by atoms with E-state index >= 15 is 0 Å². The number of benzene rings is 1. The summed E-state index contributed by atoms with van der Waals surface area (Å²) >= 11 is 0. The molecule has 1 saturated heterocycles. The number of hydrogen-bond donors (Lipinski definition) is 4. The minimum absolute atomic E-state index is 0.0612. The van der Waals surface area contributed by atoms with Crippen molar-refractivity contribution in [3.05, 3.63) is 59.2 Å². The normalized spacial score (nSPS) is 15.9. The van der Waals surface area contributed by atoms with Gasteiger partial charge < -0.3 is 20.7 Å². The van der Waals surface area contributed by atoms with Crippen molar-refractivity contribution in [2.45, 2.75) is 19.8 Å². The highest BCUT2D eigenvalue weighted by Crippen LogP contribution is 2.30. The van der Waals surface area contributed by atoms with Gasteiger partial charge in [0.15, 0.2) is 11.6 Å². The molecular formula is C27H32N8O3. The zero-order chi connectivity index (χ0) is 26.3. The van der Waals surface area contributed by atoms with Crippen molar-refractivity contribution in [2.24, 2.45) is 5.92 Å². The standard InChI is InChI=1S/C27H32N8O3/c1-18-15-25(34-33-18)32-24-17-22(27(37)28-9-10-35-11-13-38-14-12-35)30-23(31-24)8-5-19-3-2-4-21(16-19)29-26(36)20-6-7-20/h2-5,8,15-17,20H,6-7,9-14H2,1H3,(H,28,37)(H,29,36)(H2,30,31,32,33,34). The molecule has 0 unspecified atom stereocenters. The van der Waals surface area contributed by atoms with Crippen LogP contribution in [0, 0.1) is 12.8 Å². The number of nitrogens with one attached hydrogen (secondary N) is 4. The number of rotatable bonds is 10. The van der Waals surface area contributed by atoms with Crippen LogP contribution in [0.2, 0.25) is 0 Å². The van der Waals surface area contributed by atoms with Crippen molar-refractivity contribution in [3.63, 3.8) is 0 Å². The van der Waals surface area contributed by atoms with Crippen molar-refractivity contribution in [1.29, 1.82) is 0 Å². The van der Waals surface area contributed by atoms with Crippen molar-refractivity contribution < 1.29 is 14.3 Å². The number of H-pyrrole nitrogens is 1. The lowest BCUT2D eigenvalue weighted by atomic mass is 10.2. The highest BCUT2D eigenvalue weighted by Gasteiger charge is 2.29. The number of carbonyl (C=O) groups is 2. The second-order valence-corrected chi connectivity index (χ2v) is 9.49. The summed E-state index contributed by atoms with van der Waals surface area (Å²) in [6, 6.07) is 11.0. The third-order valence-corrected chi connectivity index (χ3v) is 6.28. The van der Waals surface area contributed by atoms with Gasteiger partial charge in [-0.05, 0) is 43.5 Å². The molecule has 2 amide bonds. The van der Waals surface area contributed by atoms with Gasteiger partial charge in [-0.2, -0.15) is 5.10 Å². The van der Waals surface area contributed by atoms with Gasteiger partial charge in [-0.3, -0.25) is 19.6 Å². The molecule has 0 spiro atoms. The maximum atomic E-state index is 13.0. The molecule has 11 nitrogen and oxygen atoms in total. The minimum atomic E-state index is -0.277. The van der Waals surface area contributed by atoms with Gasteiger partial charge in [-0.15, -0.1) is 0 Å². The molecule has 38 heavy (non-hydrogen) atoms. The van der Waals surface area contributed by atoms with Crippen molar-refractivity contribution in [3.8, 4) is 0 Å². The molecule has 2 fully saturated rings. The smallest absolute Gasteiger partial charge is 0.270 e. The fraction of sp³-hybridized carbons (Fsp3) is 0.370. The Bertz CT molecular complexity index is 1310. The molecule has 4 N–H and O–H groups in total. The van der Waals surface area contributed by atoms with Gasteiger partial charge in [0.1, 0.15) is 11.5 Å². The second kappa shape index (κ2) is 12.0. The van der Waals surface area contributed by atoms with E-state index in [1.165, 1.54) is 0 Å². The van der Waals surface area contributed by atoms with Crippen molar-refractivity contribution in [1.82, 2.24) is 30.4 Å². The largest absolute Gasteiger partial charge is 0.379 e. The molecule has 11 heteroatoms. The van der Waals surface area contributed by atoms with Gasteiger partial charge in [-0.1, -0.05) is 18.2 Å². The third-order valence-electron chi connectivity index (χ3n) is 6.28. The summed E-state index contributed by atoms with van der Waals surface area (Å²) < 4.78 is 5.38. The second-order valence-electron chi connectivity index (χ2n) is 9.49. The lowest BCUT2D eigenvalue weighted by Crippen LogP contribution is -2.41. The van der Waals surface area contributed by atoms with Gasteiger partial charge in [0.2, 0.25) is 5.91 Å². The van der Waals surface area contributed by atoms with Crippen molar-refractivity contribution in [2.75, 3.05) is 50.0 Å². The Hall–Kier alpha value is -4.09. The molecule has 1 aliphatic heterocycles. The summed E-state index contributed by atoms with van der Waals surface area (Å²) in [7, 11) is 0. The van der Waals surface area contributed by atoms with E-state index in [0.29, 0.717) is 37.2 Å². The number of nitrogens with zero attached hydrogens (tertiary/aromatic N) is 4. The minimum Gasteiger partial charge on any atom is -0.379 e. The van der Waals surface area contributed by atoms with Crippen LogP contribution in [0.3, 0.4) is 0 Å². The fourth-order valence-corrected chi connectivity index (χ4v) is 4.06. The first-order valence-corrected chi connectivity index (χ1v) is 12.9. The number of aromatic amines is 1. The van der Waals surface area contributed by atoms with Crippen LogP contribution in [-0.4, -0.2) is 76.3 Å². The Morgan fingerprint density at radius 3 is 2.71 bits per heavy atom. The van der Waals surface area contributed by atoms with E-state index < -0.39 is 0 Å². The number of morpholine rings is 1. The number of ether oxygens (including phenoxy) is 1. The molecule has 1 saturated carbocycles. The third kappa shape index (κ3) is 7.24. The molecule has 2 aromatic heterocycles. The average molecular weight is 517 g/mol. The van der Waals surface area contributed by atoms with Crippen LogP contribution in [0.4, 0.5) is 17.3 Å². The van der Waals surface area contributed by atoms with Crippen LogP contribution < -0.4 is 16.0 Å². The molecule has 2 aliphatic rings. The van der Waals surface area contributed by atoms with Crippen LogP contribution in [0.1, 0.15) is 40.4 Å². The Kier molecular flexibility index (Phi) is 8.05. The zero-order valence-electron chi connectivity index (χ0n) is 21.4. The number of anilines is 3. The van der Waals surface area contributed by atoms with Crippen LogP contribution >= 0.6 is 0 Å². The molecule has 0 atom stereocenters. The maximum absolute atomic E-state index is 13.0. The molecule has 198 valence electrons. The lowest BCUT2D eigenvalue weighted by Gasteiger charge is -2.26. The number of aryl methyl sites for hydroxylation is 1. The van der Waals surface area contributed by atoms with Crippen LogP contribution in [-0.2, 0) is 9.53 Å². The van der Waals surface area contributed by atoms with E-state index in [0.717, 1.165) is 49.4 Å². The Balaban J connectivity index is 1.30. The Labute approximate surface area is 221 Å². The van der Waals surface area contributed by atoms with Gasteiger partial charge in [-0.25, -0.2) is 9.97 Å². The molecule has 0 radical (unpaired) electrons. The Morgan fingerprint density at radius 2 is 1.95 bits per heavy atom. The van der Waals surface area contributed by atoms with Crippen LogP contribution in [0.5, 0.6) is 0 Å². The van der Waals surface area contributed by atoms with Gasteiger partial charge >= 0.3 is 0 Å². The quantitative estimate of drug-likeness (QED) is 0.323. The summed E-state index contributed by atoms with van der Waals surface area (Å²) in [5.41, 5.74) is 2.77. The molecular weight excluding hydrogens is 484 g/mol. The van der Waals surface area contributed by atoms with E-state index in [4.69, 9.17) is 4.74 Å². The van der Waals surface area contributed by atoms with Crippen LogP contribution in [0.15, 0.2) is 36.4 Å². The summed E-state index contributed by atoms with van der Waals surface area (Å²) in [6.45, 7) is 6.32. The van der Waals surface area contributed by atoms with E-state index in [1.54, 1.807) is 12.1 Å². The fourth-order valence-electron chi connectivity index (χ4n) is 4.06. The number of aromatic nitrogens is 4. The first-order valence-electron chi connectivity index (χ1n) is 12.9. The maximum Gasteiger partial charge on any atom is 0.270 e. The van der Waals surface area contributed by atoms with Gasteiger partial charge in [0.25, 0.3) is 5.91 Å². The summed E-state index contributed by atoms with van der Waals surface area (Å²) in [5.74, 6) is 1.33. The first-order chi connectivity index (χ1) is 18.5. The van der Waals surface area contributed by atoms with Gasteiger partial charge in [0, 0.05) is 55.6 Å². The first kappa shape index (κ1) is 25.6. The highest BCUT2D eigenvalue weighted by atomic mass is 16.5. The van der Waals surface area contributed by atoms with E-state index in [2.05, 4.69) is 41.0 Å². The molecule has 3 heterocycles. The summed E-state index contributed by atoms with van der Waals surface area (Å²) in [4.78, 5) is 36.4. The Morgan fingerprint density at radius 1 is 1.11 bits per heavy atom. The summed E-state index contributed by atoms with van der Waals surface area (Å²) in [6.07, 6.45) is 5.50. The monoisotopic (exact) mass is 516 g/mol. The molecule has 3 aromatic rings. The SMILES string of the molecule is Cc1cc(Nc2cc(C(=O)NCCN3CCOCC3)nc(C=Cc3cccc(NC(=O)C4CC4)c3)n2)n[nH]1. The number of amides is 2. The van der Waals surface area contributed by atoms with Crippen LogP contribution in [0.25, 0.3) is 12.2 Å². The topological polar surface area (TPSA) is 137 Å².